The molecule has 1 aromatic rings. The largest absolute Gasteiger partial charge is 0.478 e. The van der Waals surface area contributed by atoms with E-state index in [4.69, 9.17) is 15.7 Å². The molecule has 0 aliphatic carbocycles. The normalized spacial score (nSPS) is 8.84. The Kier molecular flexibility index (Phi) is 4.96. The molecule has 0 saturated heterocycles. The van der Waals surface area contributed by atoms with Crippen LogP contribution in [0.15, 0.2) is 23.3 Å². The smallest absolute Gasteiger partial charge is 0.336 e. The second-order valence-electron chi connectivity index (χ2n) is 3.38. The highest BCUT2D eigenvalue weighted by Crippen LogP contribution is 2.11. The van der Waals surface area contributed by atoms with E-state index in [9.17, 15) is 9.59 Å². The maximum atomic E-state index is 11.0. The molecule has 0 fully saturated rings. The summed E-state index contributed by atoms with van der Waals surface area (Å²) in [7, 11) is 0. The molecule has 0 aromatic heterocycles. The molecule has 1 aromatic carbocycles. The van der Waals surface area contributed by atoms with Gasteiger partial charge in [0.2, 0.25) is 0 Å². The van der Waals surface area contributed by atoms with E-state index in [0.29, 0.717) is 0 Å². The van der Waals surface area contributed by atoms with Crippen LogP contribution in [-0.2, 0) is 0 Å². The number of carboxylic acid groups (broad SMARTS) is 2. The fourth-order valence-electron chi connectivity index (χ4n) is 1.28. The average molecular weight is 259 g/mol. The van der Waals surface area contributed by atoms with Gasteiger partial charge in [0.15, 0.2) is 0 Å². The molecule has 0 radical (unpaired) electrons. The Morgan fingerprint density at radius 1 is 1.32 bits per heavy atom. The molecule has 96 valence electrons. The Balaban J connectivity index is 3.07. The van der Waals surface area contributed by atoms with Crippen molar-refractivity contribution in [3.63, 3.8) is 0 Å². The zero-order valence-corrected chi connectivity index (χ0v) is 9.70. The first-order valence-corrected chi connectivity index (χ1v) is 5.16. The third-order valence-corrected chi connectivity index (χ3v) is 2.12. The minimum absolute atomic E-state index is 0.0376. The Morgan fingerprint density at radius 3 is 2.63 bits per heavy atom. The minimum atomic E-state index is -1.18. The van der Waals surface area contributed by atoms with E-state index in [1.165, 1.54) is 18.2 Å². The van der Waals surface area contributed by atoms with E-state index in [2.05, 4.69) is 21.9 Å². The van der Waals surface area contributed by atoms with Crippen LogP contribution in [-0.4, -0.2) is 28.7 Å². The van der Waals surface area contributed by atoms with Crippen LogP contribution >= 0.6 is 0 Å². The predicted octanol–water partition coefficient (Wildman–Crippen LogP) is 2.13. The number of rotatable bonds is 4. The fraction of sp³-hybridized carbons (Fsp3) is 0.167. The summed E-state index contributed by atoms with van der Waals surface area (Å²) in [6.07, 6.45) is 0.264. The van der Waals surface area contributed by atoms with Crippen molar-refractivity contribution in [2.24, 2.45) is 5.11 Å². The van der Waals surface area contributed by atoms with Gasteiger partial charge in [-0.3, -0.25) is 0 Å². The zero-order chi connectivity index (χ0) is 14.3. The van der Waals surface area contributed by atoms with Gasteiger partial charge in [-0.1, -0.05) is 17.0 Å². The van der Waals surface area contributed by atoms with Crippen LogP contribution < -0.4 is 0 Å². The van der Waals surface area contributed by atoms with Crippen LogP contribution in [0.4, 0.5) is 0 Å². The topological polar surface area (TPSA) is 123 Å². The number of azide groups is 1. The van der Waals surface area contributed by atoms with Crippen LogP contribution in [0, 0.1) is 11.8 Å². The van der Waals surface area contributed by atoms with Gasteiger partial charge in [-0.25, -0.2) is 9.59 Å². The minimum Gasteiger partial charge on any atom is -0.478 e. The Hall–Kier alpha value is -2.97. The summed E-state index contributed by atoms with van der Waals surface area (Å²) in [6.45, 7) is 0.171. The SMILES string of the molecule is [N-]=[N+]=NCCC#Cc1cc(C(=O)O)ccc1C(=O)O. The molecular formula is C12H9N3O4. The molecule has 0 spiro atoms. The second-order valence-corrected chi connectivity index (χ2v) is 3.38. The maximum Gasteiger partial charge on any atom is 0.336 e. The van der Waals surface area contributed by atoms with Crippen LogP contribution in [0.5, 0.6) is 0 Å². The number of carbonyl (C=O) groups is 2. The Bertz CT molecular complexity index is 622. The van der Waals surface area contributed by atoms with Gasteiger partial charge in [0.1, 0.15) is 0 Å². The summed E-state index contributed by atoms with van der Waals surface area (Å²) in [5.41, 5.74) is 8.08. The molecule has 2 N–H and O–H groups in total. The molecule has 0 saturated carbocycles. The monoisotopic (exact) mass is 259 g/mol. The Labute approximate surface area is 108 Å². The van der Waals surface area contributed by atoms with Gasteiger partial charge in [-0.05, 0) is 23.7 Å². The maximum absolute atomic E-state index is 11.0. The number of benzene rings is 1. The first-order chi connectivity index (χ1) is 9.06. The standard InChI is InChI=1S/C12H9N3O4/c13-15-14-6-2-1-3-8-7-9(11(16)17)4-5-10(8)12(18)19/h4-5,7H,2,6H2,(H,16,17)(H,18,19). The quantitative estimate of drug-likeness (QED) is 0.282. The molecule has 0 unspecified atom stereocenters. The third kappa shape index (κ3) is 4.07. The lowest BCUT2D eigenvalue weighted by Crippen LogP contribution is -2.03. The van der Waals surface area contributed by atoms with E-state index in [-0.39, 0.29) is 29.7 Å². The lowest BCUT2D eigenvalue weighted by Gasteiger charge is -2.00. The molecule has 7 nitrogen and oxygen atoms in total. The van der Waals surface area contributed by atoms with Crippen molar-refractivity contribution in [1.29, 1.82) is 0 Å². The first-order valence-electron chi connectivity index (χ1n) is 5.16. The van der Waals surface area contributed by atoms with Gasteiger partial charge >= 0.3 is 11.9 Å². The lowest BCUT2D eigenvalue weighted by molar-refractivity contribution is 0.0681. The number of hydrogen-bond donors (Lipinski definition) is 2. The molecule has 7 heteroatoms. The van der Waals surface area contributed by atoms with Crippen molar-refractivity contribution in [1.82, 2.24) is 0 Å². The molecule has 0 aliphatic heterocycles. The molecule has 1 rings (SSSR count). The molecular weight excluding hydrogens is 250 g/mol. The second kappa shape index (κ2) is 6.69. The summed E-state index contributed by atoms with van der Waals surface area (Å²) in [5, 5.41) is 21.1. The zero-order valence-electron chi connectivity index (χ0n) is 9.70. The van der Waals surface area contributed by atoms with E-state index < -0.39 is 11.9 Å². The van der Waals surface area contributed by atoms with Crippen LogP contribution in [0.2, 0.25) is 0 Å². The summed E-state index contributed by atoms with van der Waals surface area (Å²) in [6, 6.07) is 3.60. The average Bonchev–Trinajstić information content (AvgIpc) is 2.38. The summed E-state index contributed by atoms with van der Waals surface area (Å²) >= 11 is 0. The molecule has 0 atom stereocenters. The van der Waals surface area contributed by atoms with Gasteiger partial charge in [0.25, 0.3) is 0 Å². The molecule has 19 heavy (non-hydrogen) atoms. The fourth-order valence-corrected chi connectivity index (χ4v) is 1.28. The molecule has 0 aliphatic rings. The summed E-state index contributed by atoms with van der Waals surface area (Å²) in [5.74, 6) is 2.86. The van der Waals surface area contributed by atoms with E-state index in [1.807, 2.05) is 0 Å². The highest BCUT2D eigenvalue weighted by molar-refractivity contribution is 5.94. The summed E-state index contributed by atoms with van der Waals surface area (Å²) in [4.78, 5) is 24.3. The van der Waals surface area contributed by atoms with Crippen molar-refractivity contribution in [2.45, 2.75) is 6.42 Å². The van der Waals surface area contributed by atoms with Gasteiger partial charge in [0, 0.05) is 23.4 Å². The van der Waals surface area contributed by atoms with Gasteiger partial charge in [-0.15, -0.1) is 0 Å². The van der Waals surface area contributed by atoms with Crippen LogP contribution in [0.3, 0.4) is 0 Å². The number of hydrogen-bond acceptors (Lipinski definition) is 3. The van der Waals surface area contributed by atoms with E-state index in [1.54, 1.807) is 0 Å². The van der Waals surface area contributed by atoms with Crippen molar-refractivity contribution >= 4 is 11.9 Å². The predicted molar refractivity (Wildman–Crippen MR) is 65.9 cm³/mol. The lowest BCUT2D eigenvalue weighted by atomic mass is 10.0. The third-order valence-electron chi connectivity index (χ3n) is 2.12. The van der Waals surface area contributed by atoms with Crippen molar-refractivity contribution in [2.75, 3.05) is 6.54 Å². The Morgan fingerprint density at radius 2 is 2.05 bits per heavy atom. The van der Waals surface area contributed by atoms with Gasteiger partial charge in [0.05, 0.1) is 11.1 Å². The molecule has 0 amide bonds. The molecule has 0 heterocycles. The number of aromatic carboxylic acids is 2. The van der Waals surface area contributed by atoms with Gasteiger partial charge < -0.3 is 10.2 Å². The van der Waals surface area contributed by atoms with Crippen molar-refractivity contribution < 1.29 is 19.8 Å². The van der Waals surface area contributed by atoms with Crippen molar-refractivity contribution in [3.05, 3.63) is 45.3 Å². The van der Waals surface area contributed by atoms with E-state index >= 15 is 0 Å². The number of carboxylic acids is 2. The summed E-state index contributed by atoms with van der Waals surface area (Å²) < 4.78 is 0. The number of nitrogens with zero attached hydrogens (tertiary/aromatic N) is 3. The van der Waals surface area contributed by atoms with Crippen LogP contribution in [0.25, 0.3) is 10.4 Å². The van der Waals surface area contributed by atoms with E-state index in [0.717, 1.165) is 0 Å². The highest BCUT2D eigenvalue weighted by Gasteiger charge is 2.11. The van der Waals surface area contributed by atoms with Crippen molar-refractivity contribution in [3.8, 4) is 11.8 Å². The molecule has 0 bridgehead atoms. The van der Waals surface area contributed by atoms with Gasteiger partial charge in [-0.2, -0.15) is 0 Å². The first kappa shape index (κ1) is 14.1. The highest BCUT2D eigenvalue weighted by atomic mass is 16.4. The van der Waals surface area contributed by atoms with Crippen LogP contribution in [0.1, 0.15) is 32.7 Å².